The summed E-state index contributed by atoms with van der Waals surface area (Å²) in [6, 6.07) is 5.55. The van der Waals surface area contributed by atoms with Crippen LogP contribution in [0.4, 0.5) is 4.79 Å². The van der Waals surface area contributed by atoms with Gasteiger partial charge in [0, 0.05) is 11.3 Å². The van der Waals surface area contributed by atoms with Gasteiger partial charge in [-0.3, -0.25) is 14.4 Å². The van der Waals surface area contributed by atoms with Crippen LogP contribution in [0.25, 0.3) is 0 Å². The van der Waals surface area contributed by atoms with Gasteiger partial charge < -0.3 is 25.0 Å². The molecule has 3 amide bonds. The van der Waals surface area contributed by atoms with E-state index in [4.69, 9.17) is 11.2 Å². The van der Waals surface area contributed by atoms with Gasteiger partial charge in [0.15, 0.2) is 0 Å². The van der Waals surface area contributed by atoms with Crippen LogP contribution < -0.4 is 10.6 Å². The Morgan fingerprint density at radius 3 is 2.29 bits per heavy atom. The number of rotatable bonds is 9. The topological polar surface area (TPSA) is 138 Å². The Labute approximate surface area is 204 Å². The van der Waals surface area contributed by atoms with E-state index in [9.17, 15) is 24.4 Å². The van der Waals surface area contributed by atoms with E-state index < -0.39 is 54.7 Å². The van der Waals surface area contributed by atoms with E-state index in [-0.39, 0.29) is 5.75 Å². The number of nitrogens with one attached hydrogen (secondary N) is 2. The maximum atomic E-state index is 13.4. The summed E-state index contributed by atoms with van der Waals surface area (Å²) in [4.78, 5) is 51.1. The third-order valence-corrected chi connectivity index (χ3v) is 4.65. The number of carbonyl (C=O) groups is 4. The largest absolute Gasteiger partial charge is 0.468 e. The molecule has 1 rings (SSSR count). The van der Waals surface area contributed by atoms with Crippen LogP contribution in [0.15, 0.2) is 24.3 Å². The Kier molecular flexibility index (Phi) is 10.9. The fourth-order valence-corrected chi connectivity index (χ4v) is 3.02. The first kappa shape index (κ1) is 28.3. The number of benzene rings is 1. The van der Waals surface area contributed by atoms with Gasteiger partial charge in [-0.25, -0.2) is 4.79 Å². The zero-order chi connectivity index (χ0) is 25.9. The van der Waals surface area contributed by atoms with Crippen molar-refractivity contribution in [1.82, 2.24) is 15.5 Å². The molecule has 34 heavy (non-hydrogen) atoms. The molecule has 0 aliphatic carbocycles. The first-order valence-electron chi connectivity index (χ1n) is 10.2. The molecule has 10 nitrogen and oxygen atoms in total. The lowest BCUT2D eigenvalue weighted by atomic mass is 10.0. The first-order valence-corrected chi connectivity index (χ1v) is 10.8. The monoisotopic (exact) mass is 488 g/mol. The van der Waals surface area contributed by atoms with E-state index in [1.165, 1.54) is 12.1 Å². The van der Waals surface area contributed by atoms with Gasteiger partial charge in [-0.05, 0) is 38.5 Å². The highest BCUT2D eigenvalue weighted by atomic mass is 32.1. The predicted octanol–water partition coefficient (Wildman–Crippen LogP) is 1.17. The molecule has 0 saturated carbocycles. The van der Waals surface area contributed by atoms with Gasteiger partial charge in [0.05, 0.1) is 13.2 Å². The van der Waals surface area contributed by atoms with Crippen LogP contribution in [-0.2, 0) is 23.9 Å². The van der Waals surface area contributed by atoms with E-state index >= 15 is 0 Å². The highest BCUT2D eigenvalue weighted by Gasteiger charge is 2.36. The Hall–Kier alpha value is -3.70. The number of methoxy groups -OCH3 is 1. The average molecular weight is 489 g/mol. The molecule has 0 aliphatic heterocycles. The zero-order valence-electron chi connectivity index (χ0n) is 19.5. The summed E-state index contributed by atoms with van der Waals surface area (Å²) in [5, 5.41) is 14.2. The summed E-state index contributed by atoms with van der Waals surface area (Å²) >= 11 is 4.13. The summed E-state index contributed by atoms with van der Waals surface area (Å²) in [6.07, 6.45) is 4.53. The van der Waals surface area contributed by atoms with Crippen LogP contribution in [0.1, 0.15) is 37.9 Å². The van der Waals surface area contributed by atoms with Crippen molar-refractivity contribution in [1.29, 1.82) is 5.26 Å². The molecule has 1 aromatic carbocycles. The summed E-state index contributed by atoms with van der Waals surface area (Å²) in [7, 11) is 1.16. The van der Waals surface area contributed by atoms with Gasteiger partial charge in [0.2, 0.25) is 11.8 Å². The number of hydrogen-bond donors (Lipinski definition) is 3. The third-order valence-electron chi connectivity index (χ3n) is 4.28. The number of terminal acetylenes is 1. The molecule has 0 fully saturated rings. The summed E-state index contributed by atoms with van der Waals surface area (Å²) < 4.78 is 9.72. The molecule has 0 aromatic heterocycles. The van der Waals surface area contributed by atoms with Crippen molar-refractivity contribution in [3.05, 3.63) is 35.4 Å². The quantitative estimate of drug-likeness (QED) is 0.205. The Balaban J connectivity index is 3.34. The lowest BCUT2D eigenvalue weighted by molar-refractivity contribution is -0.144. The number of ether oxygens (including phenoxy) is 2. The predicted molar refractivity (Wildman–Crippen MR) is 126 cm³/mol. The van der Waals surface area contributed by atoms with Crippen LogP contribution in [0, 0.1) is 23.7 Å². The number of amides is 3. The first-order chi connectivity index (χ1) is 16.0. The number of hydrogen-bond acceptors (Lipinski definition) is 8. The van der Waals surface area contributed by atoms with Crippen LogP contribution in [0.2, 0.25) is 0 Å². The van der Waals surface area contributed by atoms with E-state index in [0.29, 0.717) is 11.1 Å². The van der Waals surface area contributed by atoms with Gasteiger partial charge in [-0.15, -0.1) is 6.42 Å². The molecule has 1 aromatic rings. The van der Waals surface area contributed by atoms with Gasteiger partial charge in [-0.1, -0.05) is 18.1 Å². The lowest BCUT2D eigenvalue weighted by Crippen LogP contribution is -2.54. The Bertz CT molecular complexity index is 975. The second-order valence-electron chi connectivity index (χ2n) is 7.97. The van der Waals surface area contributed by atoms with E-state index in [0.717, 1.165) is 12.0 Å². The van der Waals surface area contributed by atoms with Gasteiger partial charge in [0.1, 0.15) is 30.8 Å². The van der Waals surface area contributed by atoms with Crippen molar-refractivity contribution in [2.75, 3.05) is 26.0 Å². The summed E-state index contributed by atoms with van der Waals surface area (Å²) in [5.74, 6) is 0.128. The number of nitrogens with zero attached hydrogens (tertiary/aromatic N) is 2. The molecule has 2 N–H and O–H groups in total. The Morgan fingerprint density at radius 1 is 1.21 bits per heavy atom. The second kappa shape index (κ2) is 13.1. The van der Waals surface area contributed by atoms with Crippen molar-refractivity contribution >= 4 is 36.5 Å². The SMILES string of the molecule is C#Cc1ccc(C(C(=O)NCC(=O)OC)N(CC#N)C(=O)C(CS)NC(=O)OC(C)(C)C)cc1. The minimum Gasteiger partial charge on any atom is -0.468 e. The van der Waals surface area contributed by atoms with Gasteiger partial charge >= 0.3 is 12.1 Å². The smallest absolute Gasteiger partial charge is 0.408 e. The van der Waals surface area contributed by atoms with Crippen molar-refractivity contribution in [2.45, 2.75) is 38.5 Å². The van der Waals surface area contributed by atoms with E-state index in [1.807, 2.05) is 6.07 Å². The number of alkyl carbamates (subject to hydrolysis) is 1. The average Bonchev–Trinajstić information content (AvgIpc) is 2.79. The van der Waals surface area contributed by atoms with Crippen LogP contribution >= 0.6 is 12.6 Å². The minimum atomic E-state index is -1.31. The molecule has 2 atom stereocenters. The minimum absolute atomic E-state index is 0.132. The van der Waals surface area contributed by atoms with Crippen molar-refractivity contribution in [3.8, 4) is 18.4 Å². The normalized spacial score (nSPS) is 12.2. The molecule has 0 radical (unpaired) electrons. The molecule has 0 saturated heterocycles. The zero-order valence-corrected chi connectivity index (χ0v) is 20.3. The Morgan fingerprint density at radius 2 is 1.82 bits per heavy atom. The number of carbonyl (C=O) groups excluding carboxylic acids is 4. The van der Waals surface area contributed by atoms with Gasteiger partial charge in [-0.2, -0.15) is 17.9 Å². The summed E-state index contributed by atoms with van der Waals surface area (Å²) in [5.41, 5.74) is 0.0611. The molecule has 2 unspecified atom stereocenters. The second-order valence-corrected chi connectivity index (χ2v) is 8.33. The lowest BCUT2D eigenvalue weighted by Gasteiger charge is -2.32. The third kappa shape index (κ3) is 8.68. The van der Waals surface area contributed by atoms with Crippen molar-refractivity contribution in [3.63, 3.8) is 0 Å². The fourth-order valence-electron chi connectivity index (χ4n) is 2.77. The molecule has 0 bridgehead atoms. The van der Waals surface area contributed by atoms with Crippen molar-refractivity contribution in [2.24, 2.45) is 0 Å². The molecular formula is C23H28N4O6S. The van der Waals surface area contributed by atoms with Gasteiger partial charge in [0.25, 0.3) is 0 Å². The molecule has 182 valence electrons. The maximum absolute atomic E-state index is 13.4. The molecular weight excluding hydrogens is 460 g/mol. The number of nitriles is 1. The van der Waals surface area contributed by atoms with Crippen LogP contribution in [0.3, 0.4) is 0 Å². The summed E-state index contributed by atoms with van der Waals surface area (Å²) in [6.45, 7) is 4.04. The fraction of sp³-hybridized carbons (Fsp3) is 0.435. The number of thiol groups is 1. The molecule has 0 spiro atoms. The van der Waals surface area contributed by atoms with Crippen LogP contribution in [0.5, 0.6) is 0 Å². The van der Waals surface area contributed by atoms with E-state index in [2.05, 4.69) is 33.9 Å². The van der Waals surface area contributed by atoms with Crippen LogP contribution in [-0.4, -0.2) is 66.4 Å². The maximum Gasteiger partial charge on any atom is 0.408 e. The standard InChI is InChI=1S/C23H28N4O6S/c1-6-15-7-9-16(10-8-15)19(20(29)25-13-18(28)32-5)27(12-11-24)21(30)17(14-34)26-22(31)33-23(2,3)4/h1,7-10,17,19,34H,12-14H2,2-5H3,(H,25,29)(H,26,31). The molecule has 11 heteroatoms. The highest BCUT2D eigenvalue weighted by Crippen LogP contribution is 2.23. The van der Waals surface area contributed by atoms with Crippen molar-refractivity contribution < 1.29 is 28.7 Å². The molecule has 0 heterocycles. The highest BCUT2D eigenvalue weighted by molar-refractivity contribution is 7.80. The van der Waals surface area contributed by atoms with E-state index in [1.54, 1.807) is 32.9 Å². The number of esters is 1. The molecule has 0 aliphatic rings.